The normalized spacial score (nSPS) is 14.8. The average Bonchev–Trinajstić information content (AvgIpc) is 2.74. The van der Waals surface area contributed by atoms with Crippen LogP contribution < -0.4 is 0 Å². The number of nitrogens with zero attached hydrogens (tertiary/aromatic N) is 3. The van der Waals surface area contributed by atoms with Gasteiger partial charge in [-0.15, -0.1) is 11.3 Å². The summed E-state index contributed by atoms with van der Waals surface area (Å²) in [5.41, 5.74) is 1.75. The van der Waals surface area contributed by atoms with Gasteiger partial charge in [-0.3, -0.25) is 4.79 Å². The number of aromatic nitrogens is 3. The minimum Gasteiger partial charge on any atom is -0.293 e. The summed E-state index contributed by atoms with van der Waals surface area (Å²) >= 11 is 1.45. The van der Waals surface area contributed by atoms with E-state index >= 15 is 0 Å². The lowest BCUT2D eigenvalue weighted by molar-refractivity contribution is 0.0976. The van der Waals surface area contributed by atoms with E-state index in [4.69, 9.17) is 0 Å². The fourth-order valence-corrected chi connectivity index (χ4v) is 3.00. The molecule has 2 heterocycles. The van der Waals surface area contributed by atoms with Gasteiger partial charge in [0.2, 0.25) is 0 Å². The lowest BCUT2D eigenvalue weighted by Gasteiger charge is -2.06. The summed E-state index contributed by atoms with van der Waals surface area (Å²) in [6.07, 6.45) is 4.19. The van der Waals surface area contributed by atoms with E-state index in [1.807, 2.05) is 13.0 Å². The predicted octanol–water partition coefficient (Wildman–Crippen LogP) is 2.43. The Morgan fingerprint density at radius 1 is 1.29 bits per heavy atom. The van der Waals surface area contributed by atoms with Crippen LogP contribution in [0.5, 0.6) is 0 Å². The van der Waals surface area contributed by atoms with Gasteiger partial charge >= 0.3 is 0 Å². The van der Waals surface area contributed by atoms with Gasteiger partial charge in [0.05, 0.1) is 10.6 Å². The number of fused-ring (bicyclic) bond motifs is 1. The Morgan fingerprint density at radius 3 is 2.94 bits per heavy atom. The zero-order valence-corrected chi connectivity index (χ0v) is 10.3. The Balaban J connectivity index is 2.08. The van der Waals surface area contributed by atoms with Crippen molar-refractivity contribution in [2.75, 3.05) is 0 Å². The third-order valence-corrected chi connectivity index (χ3v) is 3.92. The predicted molar refractivity (Wildman–Crippen MR) is 65.1 cm³/mol. The molecule has 0 bridgehead atoms. The quantitative estimate of drug-likeness (QED) is 0.774. The van der Waals surface area contributed by atoms with Gasteiger partial charge in [0.15, 0.2) is 5.78 Å². The van der Waals surface area contributed by atoms with E-state index in [-0.39, 0.29) is 5.78 Å². The molecule has 0 saturated heterocycles. The first kappa shape index (κ1) is 10.5. The minimum absolute atomic E-state index is 0.223. The Hall–Kier alpha value is -1.62. The maximum Gasteiger partial charge on any atom is 0.174 e. The molecule has 0 atom stereocenters. The van der Waals surface area contributed by atoms with Crippen LogP contribution in [-0.4, -0.2) is 20.7 Å². The van der Waals surface area contributed by atoms with Crippen LogP contribution in [0.15, 0.2) is 12.3 Å². The molecule has 1 aliphatic rings. The van der Waals surface area contributed by atoms with E-state index in [1.54, 1.807) is 6.20 Å². The molecule has 0 amide bonds. The van der Waals surface area contributed by atoms with Crippen molar-refractivity contribution in [1.29, 1.82) is 0 Å². The van der Waals surface area contributed by atoms with Gasteiger partial charge in [-0.25, -0.2) is 15.0 Å². The van der Waals surface area contributed by atoms with Crippen molar-refractivity contribution >= 4 is 17.1 Å². The molecule has 0 N–H and O–H groups in total. The molecular weight excluding hydrogens is 234 g/mol. The Kier molecular flexibility index (Phi) is 2.48. The Morgan fingerprint density at radius 2 is 2.18 bits per heavy atom. The summed E-state index contributed by atoms with van der Waals surface area (Å²) in [5.74, 6) is 0.947. The maximum absolute atomic E-state index is 11.7. The highest BCUT2D eigenvalue weighted by atomic mass is 32.1. The monoisotopic (exact) mass is 245 g/mol. The van der Waals surface area contributed by atoms with Gasteiger partial charge in [-0.1, -0.05) is 0 Å². The molecule has 1 aliphatic carbocycles. The third kappa shape index (κ3) is 1.86. The van der Waals surface area contributed by atoms with Crippen LogP contribution in [0, 0.1) is 6.92 Å². The standard InChI is InChI=1S/C12H11N3OS/c1-7-13-6-5-9(14-7)12-15-8-3-2-4-10(16)11(8)17-12/h5-6H,2-4H2,1H3. The molecule has 2 aromatic heterocycles. The van der Waals surface area contributed by atoms with Crippen LogP contribution in [0.4, 0.5) is 0 Å². The second kappa shape index (κ2) is 4.00. The van der Waals surface area contributed by atoms with Crippen molar-refractivity contribution < 1.29 is 4.79 Å². The van der Waals surface area contributed by atoms with Crippen molar-refractivity contribution in [2.24, 2.45) is 0 Å². The number of ketones is 1. The van der Waals surface area contributed by atoms with Crippen molar-refractivity contribution in [2.45, 2.75) is 26.2 Å². The van der Waals surface area contributed by atoms with E-state index in [9.17, 15) is 4.79 Å². The molecule has 5 heteroatoms. The molecule has 0 radical (unpaired) electrons. The van der Waals surface area contributed by atoms with Crippen LogP contribution in [0.1, 0.15) is 34.0 Å². The molecule has 0 aromatic carbocycles. The van der Waals surface area contributed by atoms with Gasteiger partial charge < -0.3 is 0 Å². The highest BCUT2D eigenvalue weighted by Gasteiger charge is 2.22. The number of Topliss-reactive ketones (excluding diaryl/α,β-unsaturated/α-hetero) is 1. The second-order valence-electron chi connectivity index (χ2n) is 4.06. The van der Waals surface area contributed by atoms with Gasteiger partial charge in [-0.2, -0.15) is 0 Å². The Labute approximate surface area is 103 Å². The number of thiazole rings is 1. The molecule has 0 aliphatic heterocycles. The van der Waals surface area contributed by atoms with Gasteiger partial charge in [0.1, 0.15) is 16.5 Å². The fourth-order valence-electron chi connectivity index (χ4n) is 1.95. The minimum atomic E-state index is 0.223. The number of carbonyl (C=O) groups is 1. The van der Waals surface area contributed by atoms with Gasteiger partial charge in [-0.05, 0) is 25.8 Å². The summed E-state index contributed by atoms with van der Waals surface area (Å²) in [7, 11) is 0. The summed E-state index contributed by atoms with van der Waals surface area (Å²) in [5, 5.41) is 0.829. The van der Waals surface area contributed by atoms with E-state index in [0.29, 0.717) is 6.42 Å². The van der Waals surface area contributed by atoms with Gasteiger partial charge in [0, 0.05) is 12.6 Å². The number of hydrogen-bond donors (Lipinski definition) is 0. The molecule has 4 nitrogen and oxygen atoms in total. The van der Waals surface area contributed by atoms with Crippen molar-refractivity contribution in [3.8, 4) is 10.7 Å². The molecule has 0 spiro atoms. The highest BCUT2D eigenvalue weighted by Crippen LogP contribution is 2.31. The first-order valence-corrected chi connectivity index (χ1v) is 6.38. The van der Waals surface area contributed by atoms with Crippen LogP contribution in [0.2, 0.25) is 0 Å². The molecule has 86 valence electrons. The number of aryl methyl sites for hydroxylation is 2. The molecule has 2 aromatic rings. The summed E-state index contributed by atoms with van der Waals surface area (Å²) < 4.78 is 0. The van der Waals surface area contributed by atoms with Crippen molar-refractivity contribution in [1.82, 2.24) is 15.0 Å². The Bertz CT molecular complexity index is 591. The molecule has 3 rings (SSSR count). The topological polar surface area (TPSA) is 55.7 Å². The smallest absolute Gasteiger partial charge is 0.174 e. The highest BCUT2D eigenvalue weighted by molar-refractivity contribution is 7.17. The zero-order valence-electron chi connectivity index (χ0n) is 9.43. The third-order valence-electron chi connectivity index (χ3n) is 2.76. The molecule has 0 unspecified atom stereocenters. The number of hydrogen-bond acceptors (Lipinski definition) is 5. The van der Waals surface area contributed by atoms with Gasteiger partial charge in [0.25, 0.3) is 0 Å². The van der Waals surface area contributed by atoms with Crippen LogP contribution in [0.3, 0.4) is 0 Å². The van der Waals surface area contributed by atoms with Crippen molar-refractivity contribution in [3.05, 3.63) is 28.7 Å². The number of rotatable bonds is 1. The summed E-state index contributed by atoms with van der Waals surface area (Å²) in [4.78, 5) is 25.5. The lowest BCUT2D eigenvalue weighted by Crippen LogP contribution is -2.07. The van der Waals surface area contributed by atoms with Crippen LogP contribution in [0.25, 0.3) is 10.7 Å². The SMILES string of the molecule is Cc1nccc(-c2nc3c(s2)C(=O)CCC3)n1. The molecular formula is C12H11N3OS. The summed E-state index contributed by atoms with van der Waals surface area (Å²) in [6, 6.07) is 1.84. The van der Waals surface area contributed by atoms with E-state index < -0.39 is 0 Å². The first-order valence-electron chi connectivity index (χ1n) is 5.57. The van der Waals surface area contributed by atoms with Crippen LogP contribution in [-0.2, 0) is 6.42 Å². The molecule has 17 heavy (non-hydrogen) atoms. The van der Waals surface area contributed by atoms with Crippen molar-refractivity contribution in [3.63, 3.8) is 0 Å². The fraction of sp³-hybridized carbons (Fsp3) is 0.333. The molecule has 0 fully saturated rings. The zero-order chi connectivity index (χ0) is 11.8. The second-order valence-corrected chi connectivity index (χ2v) is 5.06. The maximum atomic E-state index is 11.7. The first-order chi connectivity index (χ1) is 8.24. The summed E-state index contributed by atoms with van der Waals surface area (Å²) in [6.45, 7) is 1.85. The van der Waals surface area contributed by atoms with Crippen LogP contribution >= 0.6 is 11.3 Å². The largest absolute Gasteiger partial charge is 0.293 e. The van der Waals surface area contributed by atoms with E-state index in [1.165, 1.54) is 11.3 Å². The van der Waals surface area contributed by atoms with E-state index in [2.05, 4.69) is 15.0 Å². The lowest BCUT2D eigenvalue weighted by atomic mass is 10.0. The van der Waals surface area contributed by atoms with E-state index in [0.717, 1.165) is 39.9 Å². The molecule has 0 saturated carbocycles. The average molecular weight is 245 g/mol. The number of carbonyl (C=O) groups excluding carboxylic acids is 1.